The first-order valence-electron chi connectivity index (χ1n) is 5.27. The molecule has 0 aliphatic rings. The highest BCUT2D eigenvalue weighted by molar-refractivity contribution is 6.50. The van der Waals surface area contributed by atoms with E-state index < -0.39 is 0 Å². The maximum Gasteiger partial charge on any atom is 0.0484 e. The lowest BCUT2D eigenvalue weighted by Gasteiger charge is -2.07. The second kappa shape index (κ2) is 4.90. The summed E-state index contributed by atoms with van der Waals surface area (Å²) in [5.41, 5.74) is 1.04. The number of rotatable bonds is 2. The Morgan fingerprint density at radius 1 is 1.12 bits per heavy atom. The van der Waals surface area contributed by atoms with Gasteiger partial charge in [-0.3, -0.25) is 0 Å². The molecule has 2 aromatic carbocycles. The van der Waals surface area contributed by atoms with E-state index in [0.29, 0.717) is 0 Å². The smallest absolute Gasteiger partial charge is 0.0484 e. The van der Waals surface area contributed by atoms with E-state index >= 15 is 0 Å². The van der Waals surface area contributed by atoms with Gasteiger partial charge in [0.15, 0.2) is 0 Å². The van der Waals surface area contributed by atoms with Crippen LogP contribution < -0.4 is 0 Å². The molecule has 0 spiro atoms. The number of halogens is 2. The molecule has 82 valence electrons. The van der Waals surface area contributed by atoms with E-state index in [4.69, 9.17) is 23.2 Å². The van der Waals surface area contributed by atoms with Crippen molar-refractivity contribution in [1.29, 1.82) is 0 Å². The highest BCUT2D eigenvalue weighted by atomic mass is 35.5. The van der Waals surface area contributed by atoms with Crippen molar-refractivity contribution in [2.45, 2.75) is 13.3 Å². The van der Waals surface area contributed by atoms with Crippen molar-refractivity contribution in [3.05, 3.63) is 53.1 Å². The Labute approximate surface area is 105 Å². The number of benzene rings is 2. The zero-order valence-electron chi connectivity index (χ0n) is 9.00. The topological polar surface area (TPSA) is 0 Å². The minimum Gasteiger partial charge on any atom is -0.0840 e. The number of fused-ring (bicyclic) bond motifs is 1. The van der Waals surface area contributed by atoms with Gasteiger partial charge in [-0.1, -0.05) is 66.5 Å². The van der Waals surface area contributed by atoms with Crippen molar-refractivity contribution in [2.75, 3.05) is 0 Å². The minimum atomic E-state index is 0.764. The van der Waals surface area contributed by atoms with Crippen molar-refractivity contribution >= 4 is 39.0 Å². The van der Waals surface area contributed by atoms with Gasteiger partial charge in [-0.2, -0.15) is 0 Å². The van der Waals surface area contributed by atoms with Crippen molar-refractivity contribution in [1.82, 2.24) is 0 Å². The lowest BCUT2D eigenvalue weighted by Crippen LogP contribution is -1.82. The van der Waals surface area contributed by atoms with E-state index in [-0.39, 0.29) is 0 Å². The van der Waals surface area contributed by atoms with E-state index in [0.717, 1.165) is 32.8 Å². The van der Waals surface area contributed by atoms with Crippen molar-refractivity contribution in [3.63, 3.8) is 0 Å². The third-order valence-corrected chi connectivity index (χ3v) is 3.20. The summed E-state index contributed by atoms with van der Waals surface area (Å²) in [6.07, 6.45) is 2.94. The van der Waals surface area contributed by atoms with Gasteiger partial charge in [-0.05, 0) is 17.9 Å². The second-order valence-corrected chi connectivity index (χ2v) is 4.42. The Morgan fingerprint density at radius 2 is 1.81 bits per heavy atom. The second-order valence-electron chi connectivity index (χ2n) is 3.60. The molecule has 2 aromatic rings. The van der Waals surface area contributed by atoms with Gasteiger partial charge in [-0.15, -0.1) is 0 Å². The van der Waals surface area contributed by atoms with Gasteiger partial charge in [0.2, 0.25) is 0 Å². The molecule has 0 atom stereocenters. The lowest BCUT2D eigenvalue weighted by atomic mass is 10.0. The molecule has 0 unspecified atom stereocenters. The lowest BCUT2D eigenvalue weighted by molar-refractivity contribution is 1.23. The van der Waals surface area contributed by atoms with Crippen LogP contribution in [0.3, 0.4) is 0 Å². The van der Waals surface area contributed by atoms with Crippen LogP contribution in [0.2, 0.25) is 5.02 Å². The average molecular weight is 251 g/mol. The first-order chi connectivity index (χ1) is 7.74. The Kier molecular flexibility index (Phi) is 3.52. The van der Waals surface area contributed by atoms with Gasteiger partial charge in [-0.25, -0.2) is 0 Å². The van der Waals surface area contributed by atoms with Crippen LogP contribution in [0, 0.1) is 0 Å². The van der Waals surface area contributed by atoms with E-state index in [9.17, 15) is 0 Å². The van der Waals surface area contributed by atoms with Crippen LogP contribution in [0.15, 0.2) is 42.5 Å². The molecule has 0 N–H and O–H groups in total. The third kappa shape index (κ3) is 2.09. The maximum absolute atomic E-state index is 6.26. The highest BCUT2D eigenvalue weighted by Crippen LogP contribution is 2.32. The molecule has 2 heteroatoms. The van der Waals surface area contributed by atoms with E-state index in [1.165, 1.54) is 0 Å². The van der Waals surface area contributed by atoms with Gasteiger partial charge in [0.05, 0.1) is 0 Å². The fourth-order valence-electron chi connectivity index (χ4n) is 1.76. The molecule has 0 radical (unpaired) electrons. The van der Waals surface area contributed by atoms with Gasteiger partial charge in [0.1, 0.15) is 0 Å². The maximum atomic E-state index is 6.26. The average Bonchev–Trinajstić information content (AvgIpc) is 2.30. The summed E-state index contributed by atoms with van der Waals surface area (Å²) in [7, 11) is 0. The summed E-state index contributed by atoms with van der Waals surface area (Å²) in [6.45, 7) is 2.07. The van der Waals surface area contributed by atoms with Crippen LogP contribution in [0.4, 0.5) is 0 Å². The SMILES string of the molecule is CC/C=C(\Cl)c1ccc(Cl)c2ccccc12. The molecular weight excluding hydrogens is 239 g/mol. The normalized spacial score (nSPS) is 12.1. The molecule has 0 aromatic heterocycles. The predicted octanol–water partition coefficient (Wildman–Crippen LogP) is 5.48. The molecule has 0 amide bonds. The Hall–Kier alpha value is -0.980. The zero-order valence-corrected chi connectivity index (χ0v) is 10.5. The summed E-state index contributed by atoms with van der Waals surface area (Å²) >= 11 is 12.4. The van der Waals surface area contributed by atoms with Gasteiger partial charge in [0, 0.05) is 21.0 Å². The van der Waals surface area contributed by atoms with Crippen LogP contribution >= 0.6 is 23.2 Å². The summed E-state index contributed by atoms with van der Waals surface area (Å²) in [5, 5.41) is 3.70. The number of hydrogen-bond donors (Lipinski definition) is 0. The highest BCUT2D eigenvalue weighted by Gasteiger charge is 2.06. The molecule has 0 aliphatic heterocycles. The molecular formula is C14H12Cl2. The predicted molar refractivity (Wildman–Crippen MR) is 73.1 cm³/mol. The third-order valence-electron chi connectivity index (χ3n) is 2.51. The summed E-state index contributed by atoms with van der Waals surface area (Å²) in [5.74, 6) is 0. The van der Waals surface area contributed by atoms with E-state index in [2.05, 4.69) is 6.92 Å². The van der Waals surface area contributed by atoms with Gasteiger partial charge < -0.3 is 0 Å². The monoisotopic (exact) mass is 250 g/mol. The van der Waals surface area contributed by atoms with Gasteiger partial charge in [0.25, 0.3) is 0 Å². The van der Waals surface area contributed by atoms with Crippen LogP contribution in [-0.2, 0) is 0 Å². The number of hydrogen-bond acceptors (Lipinski definition) is 0. The fourth-order valence-corrected chi connectivity index (χ4v) is 2.31. The zero-order chi connectivity index (χ0) is 11.5. The molecule has 16 heavy (non-hydrogen) atoms. The van der Waals surface area contributed by atoms with Crippen molar-refractivity contribution in [2.24, 2.45) is 0 Å². The molecule has 0 saturated heterocycles. The molecule has 0 aliphatic carbocycles. The van der Waals surface area contributed by atoms with Crippen molar-refractivity contribution < 1.29 is 0 Å². The molecule has 2 rings (SSSR count). The van der Waals surface area contributed by atoms with Crippen LogP contribution in [0.25, 0.3) is 15.8 Å². The van der Waals surface area contributed by atoms with Crippen LogP contribution in [0.5, 0.6) is 0 Å². The standard InChI is InChI=1S/C14H12Cl2/c1-2-5-13(15)12-8-9-14(16)11-7-4-3-6-10(11)12/h3-9H,2H2,1H3/b13-5-. The first-order valence-corrected chi connectivity index (χ1v) is 6.03. The Morgan fingerprint density at radius 3 is 2.50 bits per heavy atom. The molecule has 0 nitrogen and oxygen atoms in total. The van der Waals surface area contributed by atoms with E-state index in [1.807, 2.05) is 42.5 Å². The molecule has 0 saturated carbocycles. The largest absolute Gasteiger partial charge is 0.0840 e. The molecule has 0 heterocycles. The van der Waals surface area contributed by atoms with Crippen LogP contribution in [-0.4, -0.2) is 0 Å². The minimum absolute atomic E-state index is 0.764. The quantitative estimate of drug-likeness (QED) is 0.662. The fraction of sp³-hybridized carbons (Fsp3) is 0.143. The van der Waals surface area contributed by atoms with Gasteiger partial charge >= 0.3 is 0 Å². The first kappa shape index (κ1) is 11.5. The van der Waals surface area contributed by atoms with E-state index in [1.54, 1.807) is 0 Å². The summed E-state index contributed by atoms with van der Waals surface area (Å²) in [6, 6.07) is 11.9. The number of allylic oxidation sites excluding steroid dienone is 1. The van der Waals surface area contributed by atoms with Crippen molar-refractivity contribution in [3.8, 4) is 0 Å². The van der Waals surface area contributed by atoms with Crippen LogP contribution in [0.1, 0.15) is 18.9 Å². The summed E-state index contributed by atoms with van der Waals surface area (Å²) < 4.78 is 0. The summed E-state index contributed by atoms with van der Waals surface area (Å²) in [4.78, 5) is 0. The Balaban J connectivity index is 2.72. The molecule has 0 bridgehead atoms. The molecule has 0 fully saturated rings. The Bertz CT molecular complexity index is 541.